The number of carbonyl (C=O) groups is 2. The third-order valence-electron chi connectivity index (χ3n) is 5.44. The Morgan fingerprint density at radius 3 is 2.44 bits per heavy atom. The molecule has 0 saturated heterocycles. The van der Waals surface area contributed by atoms with Gasteiger partial charge in [0.05, 0.1) is 0 Å². The van der Waals surface area contributed by atoms with Crippen LogP contribution in [-0.4, -0.2) is 47.3 Å². The van der Waals surface area contributed by atoms with Crippen LogP contribution in [-0.2, 0) is 13.5 Å². The lowest BCUT2D eigenvalue weighted by Gasteiger charge is -2.29. The molecule has 0 aliphatic carbocycles. The number of alkyl halides is 3. The number of likely N-dealkylation sites (N-methyl/N-ethyl adjacent to an activating group) is 1. The van der Waals surface area contributed by atoms with Crippen LogP contribution in [0.25, 0.3) is 0 Å². The highest BCUT2D eigenvalue weighted by atomic mass is 19.4. The molecule has 0 bridgehead atoms. The second-order valence-corrected chi connectivity index (χ2v) is 7.88. The van der Waals surface area contributed by atoms with Crippen LogP contribution < -0.4 is 10.1 Å². The maximum Gasteiger partial charge on any atom is 0.573 e. The van der Waals surface area contributed by atoms with Gasteiger partial charge < -0.3 is 19.5 Å². The molecule has 3 rings (SSSR count). The maximum atomic E-state index is 13.1. The van der Waals surface area contributed by atoms with Gasteiger partial charge in [-0.15, -0.1) is 13.2 Å². The molecule has 6 nitrogen and oxygen atoms in total. The summed E-state index contributed by atoms with van der Waals surface area (Å²) in [6.45, 7) is 0.316. The molecule has 1 N–H and O–H groups in total. The second kappa shape index (κ2) is 10.9. The summed E-state index contributed by atoms with van der Waals surface area (Å²) in [6, 6.07) is 17.7. The minimum atomic E-state index is -4.85. The van der Waals surface area contributed by atoms with E-state index in [9.17, 15) is 22.8 Å². The molecule has 0 aliphatic heterocycles. The zero-order chi connectivity index (χ0) is 24.7. The van der Waals surface area contributed by atoms with Crippen LogP contribution in [0.2, 0.25) is 0 Å². The third kappa shape index (κ3) is 6.87. The summed E-state index contributed by atoms with van der Waals surface area (Å²) in [6.07, 6.45) is -2.11. The fraction of sp³-hybridized carbons (Fsp3) is 0.280. The van der Waals surface area contributed by atoms with Crippen molar-refractivity contribution in [1.29, 1.82) is 0 Å². The monoisotopic (exact) mass is 473 g/mol. The van der Waals surface area contributed by atoms with Gasteiger partial charge in [0.1, 0.15) is 11.4 Å². The molecule has 0 saturated carbocycles. The first-order valence-corrected chi connectivity index (χ1v) is 10.7. The van der Waals surface area contributed by atoms with Gasteiger partial charge in [-0.1, -0.05) is 36.4 Å². The Morgan fingerprint density at radius 2 is 1.79 bits per heavy atom. The van der Waals surface area contributed by atoms with Gasteiger partial charge >= 0.3 is 6.36 Å². The molecule has 2 aromatic carbocycles. The largest absolute Gasteiger partial charge is 0.573 e. The van der Waals surface area contributed by atoms with Gasteiger partial charge in [0.15, 0.2) is 0 Å². The standard InChI is InChI=1S/C25H26F3N3O3/c1-30-15-7-12-22(30)23(32)29-14-13-20(16-18-8-4-3-5-9-18)31(2)24(33)19-10-6-11-21(17-19)34-25(26,27)28/h3-12,15,17,20H,13-14,16H2,1-2H3,(H,29,32)/t20-/m1/s1. The molecule has 0 aliphatic rings. The Labute approximate surface area is 195 Å². The normalized spacial score (nSPS) is 12.1. The molecular formula is C25H26F3N3O3. The van der Waals surface area contributed by atoms with Crippen LogP contribution in [0.1, 0.15) is 32.8 Å². The summed E-state index contributed by atoms with van der Waals surface area (Å²) in [5, 5.41) is 2.87. The van der Waals surface area contributed by atoms with E-state index < -0.39 is 18.0 Å². The van der Waals surface area contributed by atoms with Gasteiger partial charge in [0.2, 0.25) is 0 Å². The molecule has 180 valence electrons. The van der Waals surface area contributed by atoms with Crippen molar-refractivity contribution in [3.63, 3.8) is 0 Å². The number of rotatable bonds is 9. The van der Waals surface area contributed by atoms with E-state index in [0.717, 1.165) is 17.7 Å². The predicted octanol–water partition coefficient (Wildman–Crippen LogP) is 4.43. The number of ether oxygens (including phenoxy) is 1. The Morgan fingerprint density at radius 1 is 1.06 bits per heavy atom. The number of aryl methyl sites for hydroxylation is 1. The van der Waals surface area contributed by atoms with E-state index >= 15 is 0 Å². The minimum absolute atomic E-state index is 0.0788. The Bertz CT molecular complexity index is 1110. The van der Waals surface area contributed by atoms with Crippen molar-refractivity contribution in [3.05, 3.63) is 89.7 Å². The van der Waals surface area contributed by atoms with Crippen molar-refractivity contribution >= 4 is 11.8 Å². The fourth-order valence-corrected chi connectivity index (χ4v) is 3.65. The number of benzene rings is 2. The molecule has 1 heterocycles. The number of carbonyl (C=O) groups excluding carboxylic acids is 2. The first-order valence-electron chi connectivity index (χ1n) is 10.7. The second-order valence-electron chi connectivity index (χ2n) is 7.88. The molecule has 3 aromatic rings. The molecule has 0 spiro atoms. The average Bonchev–Trinajstić information content (AvgIpc) is 3.23. The van der Waals surface area contributed by atoms with E-state index in [0.29, 0.717) is 25.1 Å². The van der Waals surface area contributed by atoms with Gasteiger partial charge in [-0.25, -0.2) is 0 Å². The van der Waals surface area contributed by atoms with E-state index in [1.165, 1.54) is 17.0 Å². The van der Waals surface area contributed by atoms with Gasteiger partial charge in [-0.3, -0.25) is 9.59 Å². The lowest BCUT2D eigenvalue weighted by atomic mass is 10.0. The van der Waals surface area contributed by atoms with E-state index in [2.05, 4.69) is 10.1 Å². The average molecular weight is 473 g/mol. The Hall–Kier alpha value is -3.75. The highest BCUT2D eigenvalue weighted by molar-refractivity contribution is 5.94. The van der Waals surface area contributed by atoms with Crippen LogP contribution >= 0.6 is 0 Å². The summed E-state index contributed by atoms with van der Waals surface area (Å²) >= 11 is 0. The van der Waals surface area contributed by atoms with Crippen molar-refractivity contribution in [2.45, 2.75) is 25.2 Å². The van der Waals surface area contributed by atoms with E-state index in [4.69, 9.17) is 0 Å². The quantitative estimate of drug-likeness (QED) is 0.500. The van der Waals surface area contributed by atoms with Crippen LogP contribution in [0.3, 0.4) is 0 Å². The number of hydrogen-bond donors (Lipinski definition) is 1. The van der Waals surface area contributed by atoms with Gasteiger partial charge in [0, 0.05) is 38.4 Å². The number of halogens is 3. The first-order chi connectivity index (χ1) is 16.1. The Kier molecular flexibility index (Phi) is 7.99. The van der Waals surface area contributed by atoms with Crippen molar-refractivity contribution < 1.29 is 27.5 Å². The summed E-state index contributed by atoms with van der Waals surface area (Å²) in [5.41, 5.74) is 1.59. The van der Waals surface area contributed by atoms with Crippen molar-refractivity contribution in [2.24, 2.45) is 7.05 Å². The maximum absolute atomic E-state index is 13.1. The van der Waals surface area contributed by atoms with Crippen molar-refractivity contribution in [3.8, 4) is 5.75 Å². The fourth-order valence-electron chi connectivity index (χ4n) is 3.65. The number of hydrogen-bond acceptors (Lipinski definition) is 3. The zero-order valence-corrected chi connectivity index (χ0v) is 18.9. The van der Waals surface area contributed by atoms with Crippen molar-refractivity contribution in [2.75, 3.05) is 13.6 Å². The van der Waals surface area contributed by atoms with Crippen LogP contribution in [0.4, 0.5) is 13.2 Å². The number of aromatic nitrogens is 1. The highest BCUT2D eigenvalue weighted by Crippen LogP contribution is 2.24. The SMILES string of the molecule is CN(C(=O)c1cccc(OC(F)(F)F)c1)[C@H](CCNC(=O)c1cccn1C)Cc1ccccc1. The highest BCUT2D eigenvalue weighted by Gasteiger charge is 2.31. The first kappa shape index (κ1) is 24.9. The number of amides is 2. The predicted molar refractivity (Wildman–Crippen MR) is 122 cm³/mol. The molecule has 34 heavy (non-hydrogen) atoms. The van der Waals surface area contributed by atoms with Crippen LogP contribution in [0.15, 0.2) is 72.9 Å². The van der Waals surface area contributed by atoms with Gasteiger partial charge in [0.25, 0.3) is 11.8 Å². The molecule has 1 aromatic heterocycles. The molecule has 0 fully saturated rings. The van der Waals surface area contributed by atoms with Crippen molar-refractivity contribution in [1.82, 2.24) is 14.8 Å². The summed E-state index contributed by atoms with van der Waals surface area (Å²) < 4.78 is 43.4. The van der Waals surface area contributed by atoms with E-state index in [1.54, 1.807) is 37.0 Å². The number of nitrogens with zero attached hydrogens (tertiary/aromatic N) is 2. The third-order valence-corrected chi connectivity index (χ3v) is 5.44. The van der Waals surface area contributed by atoms with Gasteiger partial charge in [-0.2, -0.15) is 0 Å². The molecular weight excluding hydrogens is 447 g/mol. The lowest BCUT2D eigenvalue weighted by molar-refractivity contribution is -0.274. The topological polar surface area (TPSA) is 63.6 Å². The molecule has 0 radical (unpaired) electrons. The molecule has 0 unspecified atom stereocenters. The zero-order valence-electron chi connectivity index (χ0n) is 18.9. The van der Waals surface area contributed by atoms with E-state index in [1.807, 2.05) is 30.3 Å². The number of nitrogens with one attached hydrogen (secondary N) is 1. The molecule has 9 heteroatoms. The minimum Gasteiger partial charge on any atom is -0.406 e. The lowest BCUT2D eigenvalue weighted by Crippen LogP contribution is -2.41. The Balaban J connectivity index is 1.73. The van der Waals surface area contributed by atoms with Crippen LogP contribution in [0.5, 0.6) is 5.75 Å². The summed E-state index contributed by atoms with van der Waals surface area (Å²) in [7, 11) is 3.38. The van der Waals surface area contributed by atoms with Gasteiger partial charge in [-0.05, 0) is 48.7 Å². The molecule has 1 atom stereocenters. The molecule has 2 amide bonds. The summed E-state index contributed by atoms with van der Waals surface area (Å²) in [4.78, 5) is 27.0. The van der Waals surface area contributed by atoms with Crippen LogP contribution in [0, 0.1) is 0 Å². The smallest absolute Gasteiger partial charge is 0.406 e. The summed E-state index contributed by atoms with van der Waals surface area (Å²) in [5.74, 6) is -1.12. The van der Waals surface area contributed by atoms with E-state index in [-0.39, 0.29) is 17.5 Å².